The summed E-state index contributed by atoms with van der Waals surface area (Å²) < 4.78 is 13.0. The minimum absolute atomic E-state index is 0.118. The van der Waals surface area contributed by atoms with Gasteiger partial charge in [0, 0.05) is 18.7 Å². The van der Waals surface area contributed by atoms with Crippen molar-refractivity contribution in [1.29, 1.82) is 0 Å². The first-order valence-corrected chi connectivity index (χ1v) is 7.85. The summed E-state index contributed by atoms with van der Waals surface area (Å²) in [6, 6.07) is 10.1. The fourth-order valence-corrected chi connectivity index (χ4v) is 3.69. The van der Waals surface area contributed by atoms with Gasteiger partial charge in [0.1, 0.15) is 0 Å². The van der Waals surface area contributed by atoms with Crippen LogP contribution >= 0.6 is 0 Å². The zero-order valence-electron chi connectivity index (χ0n) is 12.6. The largest absolute Gasteiger partial charge is 0.336 e. The summed E-state index contributed by atoms with van der Waals surface area (Å²) in [4.78, 5) is 24.7. The van der Waals surface area contributed by atoms with Gasteiger partial charge in [0.15, 0.2) is 5.82 Å². The van der Waals surface area contributed by atoms with Gasteiger partial charge in [0.05, 0.1) is 24.5 Å². The average Bonchev–Trinajstić information content (AvgIpc) is 3.00. The molecule has 0 N–H and O–H groups in total. The Balaban J connectivity index is 1.64. The first kappa shape index (κ1) is 14.1. The second-order valence-electron chi connectivity index (χ2n) is 5.96. The van der Waals surface area contributed by atoms with E-state index in [4.69, 9.17) is 0 Å². The molecule has 0 aliphatic carbocycles. The van der Waals surface area contributed by atoms with Crippen molar-refractivity contribution in [3.05, 3.63) is 48.5 Å². The van der Waals surface area contributed by atoms with E-state index < -0.39 is 5.82 Å². The van der Waals surface area contributed by atoms with E-state index in [1.807, 2.05) is 35.2 Å². The highest BCUT2D eigenvalue weighted by molar-refractivity contribution is 5.95. The summed E-state index contributed by atoms with van der Waals surface area (Å²) in [5.41, 5.74) is 0.939. The van der Waals surface area contributed by atoms with E-state index in [-0.39, 0.29) is 18.0 Å². The molecule has 6 heteroatoms. The first-order valence-electron chi connectivity index (χ1n) is 7.85. The summed E-state index contributed by atoms with van der Waals surface area (Å²) >= 11 is 0. The highest BCUT2D eigenvalue weighted by Gasteiger charge is 2.44. The number of carbonyl (C=O) groups is 1. The third-order valence-electron chi connectivity index (χ3n) is 4.66. The summed E-state index contributed by atoms with van der Waals surface area (Å²) in [5, 5.41) is 0. The molecular formula is C17H17FN4O. The standard InChI is InChI=1S/C17H17FN4O/c18-12-10-19-17(20-11-12)21-9-8-15-14(21)6-7-16(23)22(15)13-4-2-1-3-5-13/h1-5,10-11,14-15H,6-9H2/t14-,15-/m0/s1. The van der Waals surface area contributed by atoms with Crippen molar-refractivity contribution in [3.8, 4) is 0 Å². The van der Waals surface area contributed by atoms with Gasteiger partial charge in [-0.15, -0.1) is 0 Å². The topological polar surface area (TPSA) is 49.3 Å². The maximum atomic E-state index is 13.0. The second-order valence-corrected chi connectivity index (χ2v) is 5.96. The van der Waals surface area contributed by atoms with E-state index in [1.165, 1.54) is 12.4 Å². The Labute approximate surface area is 133 Å². The predicted octanol–water partition coefficient (Wildman–Crippen LogP) is 2.39. The SMILES string of the molecule is O=C1CC[C@H]2[C@H](CCN2c2ncc(F)cn2)N1c1ccccc1. The number of nitrogens with zero attached hydrogens (tertiary/aromatic N) is 4. The minimum atomic E-state index is -0.436. The van der Waals surface area contributed by atoms with E-state index in [1.54, 1.807) is 0 Å². The van der Waals surface area contributed by atoms with Gasteiger partial charge in [-0.25, -0.2) is 14.4 Å². The Morgan fingerprint density at radius 1 is 1.04 bits per heavy atom. The molecule has 23 heavy (non-hydrogen) atoms. The highest BCUT2D eigenvalue weighted by Crippen LogP contribution is 2.36. The van der Waals surface area contributed by atoms with Crippen molar-refractivity contribution in [3.63, 3.8) is 0 Å². The molecule has 2 aliphatic heterocycles. The molecule has 5 nitrogen and oxygen atoms in total. The Morgan fingerprint density at radius 2 is 1.78 bits per heavy atom. The summed E-state index contributed by atoms with van der Waals surface area (Å²) in [6.07, 6.45) is 4.55. The maximum Gasteiger partial charge on any atom is 0.227 e. The van der Waals surface area contributed by atoms with Gasteiger partial charge in [-0.1, -0.05) is 18.2 Å². The van der Waals surface area contributed by atoms with Crippen LogP contribution in [0.2, 0.25) is 0 Å². The van der Waals surface area contributed by atoms with Crippen LogP contribution in [0.1, 0.15) is 19.3 Å². The molecule has 1 aromatic carbocycles. The van der Waals surface area contributed by atoms with Crippen LogP contribution < -0.4 is 9.80 Å². The van der Waals surface area contributed by atoms with Crippen LogP contribution in [0, 0.1) is 5.82 Å². The van der Waals surface area contributed by atoms with Gasteiger partial charge >= 0.3 is 0 Å². The third-order valence-corrected chi connectivity index (χ3v) is 4.66. The van der Waals surface area contributed by atoms with Gasteiger partial charge in [-0.3, -0.25) is 4.79 Å². The quantitative estimate of drug-likeness (QED) is 0.854. The molecule has 0 unspecified atom stereocenters. The number of aromatic nitrogens is 2. The van der Waals surface area contributed by atoms with E-state index in [2.05, 4.69) is 14.9 Å². The number of amides is 1. The van der Waals surface area contributed by atoms with Crippen molar-refractivity contribution in [1.82, 2.24) is 9.97 Å². The minimum Gasteiger partial charge on any atom is -0.336 e. The van der Waals surface area contributed by atoms with Gasteiger partial charge in [0.2, 0.25) is 11.9 Å². The fourth-order valence-electron chi connectivity index (χ4n) is 3.69. The molecule has 1 amide bonds. The summed E-state index contributed by atoms with van der Waals surface area (Å²) in [6.45, 7) is 0.775. The normalized spacial score (nSPS) is 24.0. The molecule has 2 saturated heterocycles. The molecule has 0 spiro atoms. The number of para-hydroxylation sites is 1. The molecule has 0 saturated carbocycles. The smallest absolute Gasteiger partial charge is 0.227 e. The lowest BCUT2D eigenvalue weighted by Crippen LogP contribution is -2.52. The number of carbonyl (C=O) groups excluding carboxylic acids is 1. The molecule has 118 valence electrons. The molecule has 4 rings (SSSR count). The number of halogens is 1. The molecule has 0 bridgehead atoms. The van der Waals surface area contributed by atoms with Crippen LogP contribution in [0.5, 0.6) is 0 Å². The van der Waals surface area contributed by atoms with Gasteiger partial charge in [-0.2, -0.15) is 0 Å². The van der Waals surface area contributed by atoms with Gasteiger partial charge < -0.3 is 9.80 Å². The second kappa shape index (κ2) is 5.61. The Bertz CT molecular complexity index is 706. The van der Waals surface area contributed by atoms with Crippen molar-refractivity contribution < 1.29 is 9.18 Å². The van der Waals surface area contributed by atoms with Crippen molar-refractivity contribution in [2.75, 3.05) is 16.3 Å². The Morgan fingerprint density at radius 3 is 2.52 bits per heavy atom. The van der Waals surface area contributed by atoms with Gasteiger partial charge in [-0.05, 0) is 25.0 Å². The molecule has 2 atom stereocenters. The van der Waals surface area contributed by atoms with E-state index in [0.29, 0.717) is 12.4 Å². The lowest BCUT2D eigenvalue weighted by molar-refractivity contribution is -0.120. The number of fused-ring (bicyclic) bond motifs is 1. The number of hydrogen-bond donors (Lipinski definition) is 0. The fraction of sp³-hybridized carbons (Fsp3) is 0.353. The lowest BCUT2D eigenvalue weighted by atomic mass is 9.95. The van der Waals surface area contributed by atoms with Crippen LogP contribution in [0.4, 0.5) is 16.0 Å². The number of hydrogen-bond acceptors (Lipinski definition) is 4. The number of benzene rings is 1. The summed E-state index contributed by atoms with van der Waals surface area (Å²) in [5.74, 6) is 0.273. The molecule has 3 heterocycles. The Hall–Kier alpha value is -2.50. The van der Waals surface area contributed by atoms with Gasteiger partial charge in [0.25, 0.3) is 0 Å². The van der Waals surface area contributed by atoms with E-state index in [9.17, 15) is 9.18 Å². The van der Waals surface area contributed by atoms with Crippen molar-refractivity contribution >= 4 is 17.5 Å². The van der Waals surface area contributed by atoms with Crippen LogP contribution in [-0.2, 0) is 4.79 Å². The zero-order valence-corrected chi connectivity index (χ0v) is 12.6. The Kier molecular flexibility index (Phi) is 3.44. The molecule has 0 radical (unpaired) electrons. The zero-order chi connectivity index (χ0) is 15.8. The molecular weight excluding hydrogens is 295 g/mol. The van der Waals surface area contributed by atoms with Crippen molar-refractivity contribution in [2.45, 2.75) is 31.3 Å². The first-order chi connectivity index (χ1) is 11.2. The third kappa shape index (κ3) is 2.44. The molecule has 2 fully saturated rings. The molecule has 2 aromatic rings. The highest BCUT2D eigenvalue weighted by atomic mass is 19.1. The molecule has 1 aromatic heterocycles. The lowest BCUT2D eigenvalue weighted by Gasteiger charge is -2.39. The van der Waals surface area contributed by atoms with E-state index >= 15 is 0 Å². The molecule has 2 aliphatic rings. The monoisotopic (exact) mass is 312 g/mol. The summed E-state index contributed by atoms with van der Waals surface area (Å²) in [7, 11) is 0. The van der Waals surface area contributed by atoms with Crippen LogP contribution in [0.25, 0.3) is 0 Å². The van der Waals surface area contributed by atoms with Crippen LogP contribution in [0.3, 0.4) is 0 Å². The van der Waals surface area contributed by atoms with E-state index in [0.717, 1.165) is 25.1 Å². The maximum absolute atomic E-state index is 13.0. The predicted molar refractivity (Wildman–Crippen MR) is 84.7 cm³/mol. The number of piperidine rings is 1. The van der Waals surface area contributed by atoms with Crippen LogP contribution in [-0.4, -0.2) is 34.5 Å². The average molecular weight is 312 g/mol. The van der Waals surface area contributed by atoms with Crippen LogP contribution in [0.15, 0.2) is 42.7 Å². The number of anilines is 2. The van der Waals surface area contributed by atoms with Crippen molar-refractivity contribution in [2.24, 2.45) is 0 Å². The number of rotatable bonds is 2.